The zero-order valence-corrected chi connectivity index (χ0v) is 12.6. The lowest BCUT2D eigenvalue weighted by atomic mass is 10.0. The van der Waals surface area contributed by atoms with E-state index in [2.05, 4.69) is 4.72 Å². The first-order valence-corrected chi connectivity index (χ1v) is 7.89. The lowest BCUT2D eigenvalue weighted by Crippen LogP contribution is -2.36. The van der Waals surface area contributed by atoms with Gasteiger partial charge in [-0.2, -0.15) is 0 Å². The fourth-order valence-corrected chi connectivity index (χ4v) is 3.06. The Morgan fingerprint density at radius 2 is 1.95 bits per heavy atom. The summed E-state index contributed by atoms with van der Waals surface area (Å²) in [5.74, 6) is 0.109. The van der Waals surface area contributed by atoms with Crippen molar-refractivity contribution in [2.24, 2.45) is 5.92 Å². The molecule has 0 amide bonds. The van der Waals surface area contributed by atoms with Gasteiger partial charge in [0.15, 0.2) is 5.78 Å². The van der Waals surface area contributed by atoms with Gasteiger partial charge in [0, 0.05) is 11.6 Å². The highest BCUT2D eigenvalue weighted by Gasteiger charge is 2.20. The van der Waals surface area contributed by atoms with Gasteiger partial charge in [-0.25, -0.2) is 13.1 Å². The largest absolute Gasteiger partial charge is 0.295 e. The zero-order chi connectivity index (χ0) is 14.6. The van der Waals surface area contributed by atoms with Crippen LogP contribution in [0.4, 0.5) is 0 Å². The van der Waals surface area contributed by atoms with Gasteiger partial charge in [-0.15, -0.1) is 0 Å². The van der Waals surface area contributed by atoms with Crippen LogP contribution < -0.4 is 4.72 Å². The molecular weight excluding hydrogens is 262 g/mol. The van der Waals surface area contributed by atoms with Crippen LogP contribution in [0.25, 0.3) is 0 Å². The molecule has 19 heavy (non-hydrogen) atoms. The van der Waals surface area contributed by atoms with E-state index in [9.17, 15) is 13.2 Å². The monoisotopic (exact) mass is 283 g/mol. The van der Waals surface area contributed by atoms with Crippen LogP contribution in [0.3, 0.4) is 0 Å². The topological polar surface area (TPSA) is 63.2 Å². The maximum Gasteiger partial charge on any atom is 0.240 e. The molecule has 0 aliphatic rings. The molecule has 1 aromatic carbocycles. The van der Waals surface area contributed by atoms with Gasteiger partial charge in [-0.05, 0) is 31.9 Å². The van der Waals surface area contributed by atoms with Gasteiger partial charge in [-0.1, -0.05) is 32.4 Å². The van der Waals surface area contributed by atoms with Crippen molar-refractivity contribution in [3.05, 3.63) is 29.8 Å². The highest BCUT2D eigenvalue weighted by molar-refractivity contribution is 7.89. The molecule has 0 spiro atoms. The second-order valence-corrected chi connectivity index (χ2v) is 6.59. The Labute approximate surface area is 115 Å². The lowest BCUT2D eigenvalue weighted by molar-refractivity contribution is 0.101. The molecule has 0 radical (unpaired) electrons. The third-order valence-corrected chi connectivity index (χ3v) is 4.95. The standard InChI is InChI=1S/C14H21NO3S/c1-5-10(2)11(3)15-19(17,18)14-8-6-7-13(9-14)12(4)16/h6-11,15H,5H2,1-4H3. The van der Waals surface area contributed by atoms with Gasteiger partial charge in [0.25, 0.3) is 0 Å². The highest BCUT2D eigenvalue weighted by Crippen LogP contribution is 2.15. The second kappa shape index (κ2) is 6.30. The Kier molecular flexibility index (Phi) is 5.26. The number of Topliss-reactive ketones (excluding diaryl/α,β-unsaturated/α-hetero) is 1. The number of ketones is 1. The molecule has 0 fully saturated rings. The molecule has 0 aliphatic heterocycles. The number of carbonyl (C=O) groups is 1. The molecule has 0 saturated heterocycles. The molecule has 1 N–H and O–H groups in total. The molecule has 0 heterocycles. The number of carbonyl (C=O) groups excluding carboxylic acids is 1. The quantitative estimate of drug-likeness (QED) is 0.816. The van der Waals surface area contributed by atoms with Gasteiger partial charge in [-0.3, -0.25) is 4.79 Å². The molecule has 0 aromatic heterocycles. The van der Waals surface area contributed by atoms with E-state index < -0.39 is 10.0 Å². The summed E-state index contributed by atoms with van der Waals surface area (Å²) in [5, 5.41) is 0. The Morgan fingerprint density at radius 3 is 2.47 bits per heavy atom. The predicted molar refractivity (Wildman–Crippen MR) is 75.7 cm³/mol. The molecule has 4 nitrogen and oxygen atoms in total. The van der Waals surface area contributed by atoms with E-state index in [1.54, 1.807) is 12.1 Å². The molecule has 2 atom stereocenters. The van der Waals surface area contributed by atoms with E-state index >= 15 is 0 Å². The Morgan fingerprint density at radius 1 is 1.32 bits per heavy atom. The molecular formula is C14H21NO3S. The van der Waals surface area contributed by atoms with E-state index in [0.29, 0.717) is 5.56 Å². The van der Waals surface area contributed by atoms with Crippen molar-refractivity contribution in [2.75, 3.05) is 0 Å². The molecule has 106 valence electrons. The lowest BCUT2D eigenvalue weighted by Gasteiger charge is -2.19. The van der Waals surface area contributed by atoms with Crippen molar-refractivity contribution in [2.45, 2.75) is 45.1 Å². The number of sulfonamides is 1. The van der Waals surface area contributed by atoms with Crippen molar-refractivity contribution >= 4 is 15.8 Å². The molecule has 0 bridgehead atoms. The van der Waals surface area contributed by atoms with Gasteiger partial charge >= 0.3 is 0 Å². The number of benzene rings is 1. The SMILES string of the molecule is CCC(C)C(C)NS(=O)(=O)c1cccc(C(C)=O)c1. The van der Waals surface area contributed by atoms with Crippen molar-refractivity contribution in [1.29, 1.82) is 0 Å². The summed E-state index contributed by atoms with van der Waals surface area (Å²) >= 11 is 0. The fourth-order valence-electron chi connectivity index (χ4n) is 1.66. The Bertz CT molecular complexity index is 552. The molecule has 5 heteroatoms. The minimum atomic E-state index is -3.57. The van der Waals surface area contributed by atoms with Crippen LogP contribution in [0.5, 0.6) is 0 Å². The first-order chi connectivity index (χ1) is 8.77. The third-order valence-electron chi connectivity index (χ3n) is 3.39. The summed E-state index contributed by atoms with van der Waals surface area (Å²) in [6.07, 6.45) is 0.900. The minimum Gasteiger partial charge on any atom is -0.295 e. The normalized spacial score (nSPS) is 14.9. The van der Waals surface area contributed by atoms with E-state index in [1.165, 1.54) is 19.1 Å². The molecule has 2 unspecified atom stereocenters. The smallest absolute Gasteiger partial charge is 0.240 e. The van der Waals surface area contributed by atoms with Crippen LogP contribution in [0.15, 0.2) is 29.2 Å². The molecule has 0 saturated carbocycles. The second-order valence-electron chi connectivity index (χ2n) is 4.88. The van der Waals surface area contributed by atoms with Crippen LogP contribution in [0.2, 0.25) is 0 Å². The fraction of sp³-hybridized carbons (Fsp3) is 0.500. The van der Waals surface area contributed by atoms with Crippen LogP contribution in [-0.4, -0.2) is 20.2 Å². The van der Waals surface area contributed by atoms with E-state index in [-0.39, 0.29) is 22.6 Å². The maximum absolute atomic E-state index is 12.2. The Balaban J connectivity index is 3.01. The number of hydrogen-bond acceptors (Lipinski definition) is 3. The summed E-state index contributed by atoms with van der Waals surface area (Å²) in [5.41, 5.74) is 0.402. The predicted octanol–water partition coefficient (Wildman–Crippen LogP) is 2.60. The zero-order valence-electron chi connectivity index (χ0n) is 11.8. The summed E-state index contributed by atoms with van der Waals surface area (Å²) in [6.45, 7) is 7.28. The summed E-state index contributed by atoms with van der Waals surface area (Å²) in [4.78, 5) is 11.4. The van der Waals surface area contributed by atoms with Crippen LogP contribution in [-0.2, 0) is 10.0 Å². The first-order valence-electron chi connectivity index (χ1n) is 6.41. The highest BCUT2D eigenvalue weighted by atomic mass is 32.2. The Hall–Kier alpha value is -1.20. The minimum absolute atomic E-state index is 0.135. The number of nitrogens with one attached hydrogen (secondary N) is 1. The molecule has 0 aliphatic carbocycles. The van der Waals surface area contributed by atoms with Crippen molar-refractivity contribution < 1.29 is 13.2 Å². The van der Waals surface area contributed by atoms with Crippen molar-refractivity contribution in [1.82, 2.24) is 4.72 Å². The van der Waals surface area contributed by atoms with Crippen molar-refractivity contribution in [3.8, 4) is 0 Å². The molecule has 1 aromatic rings. The average Bonchev–Trinajstić information content (AvgIpc) is 2.37. The average molecular weight is 283 g/mol. The van der Waals surface area contributed by atoms with Gasteiger partial charge in [0.2, 0.25) is 10.0 Å². The van der Waals surface area contributed by atoms with E-state index in [4.69, 9.17) is 0 Å². The van der Waals surface area contributed by atoms with Gasteiger partial charge in [0.1, 0.15) is 0 Å². The first kappa shape index (κ1) is 15.9. The molecule has 1 rings (SSSR count). The maximum atomic E-state index is 12.2. The summed E-state index contributed by atoms with van der Waals surface area (Å²) in [7, 11) is -3.57. The van der Waals surface area contributed by atoms with Crippen LogP contribution in [0.1, 0.15) is 44.5 Å². The van der Waals surface area contributed by atoms with Crippen LogP contribution in [0, 0.1) is 5.92 Å². The summed E-state index contributed by atoms with van der Waals surface area (Å²) in [6, 6.07) is 5.96. The number of rotatable bonds is 6. The van der Waals surface area contributed by atoms with Gasteiger partial charge < -0.3 is 0 Å². The van der Waals surface area contributed by atoms with E-state index in [1.807, 2.05) is 20.8 Å². The third kappa shape index (κ3) is 4.14. The summed E-state index contributed by atoms with van der Waals surface area (Å²) < 4.78 is 27.1. The van der Waals surface area contributed by atoms with Gasteiger partial charge in [0.05, 0.1) is 4.90 Å². The number of hydrogen-bond donors (Lipinski definition) is 1. The van der Waals surface area contributed by atoms with E-state index in [0.717, 1.165) is 6.42 Å². The van der Waals surface area contributed by atoms with Crippen molar-refractivity contribution in [3.63, 3.8) is 0 Å². The van der Waals surface area contributed by atoms with Crippen LogP contribution >= 0.6 is 0 Å².